The van der Waals surface area contributed by atoms with Crippen molar-refractivity contribution in [1.29, 1.82) is 0 Å². The molecule has 8 heteroatoms. The number of nitrogens with zero attached hydrogens (tertiary/aromatic N) is 5. The number of hydrogen-bond donors (Lipinski definition) is 0. The van der Waals surface area contributed by atoms with Gasteiger partial charge in [0.15, 0.2) is 0 Å². The van der Waals surface area contributed by atoms with Crippen molar-refractivity contribution in [1.82, 2.24) is 24.1 Å². The van der Waals surface area contributed by atoms with Crippen molar-refractivity contribution >= 4 is 24.0 Å². The Hall–Kier alpha value is -1.80. The van der Waals surface area contributed by atoms with Crippen LogP contribution in [0.3, 0.4) is 0 Å². The summed E-state index contributed by atoms with van der Waals surface area (Å²) in [5, 5.41) is 4.54. The van der Waals surface area contributed by atoms with Crippen molar-refractivity contribution in [2.24, 2.45) is 5.92 Å². The molecule has 0 saturated carbocycles. The topological polar surface area (TPSA) is 64.7 Å². The predicted octanol–water partition coefficient (Wildman–Crippen LogP) is 2.11. The molecule has 2 aromatic rings. The maximum absolute atomic E-state index is 12.0. The molecule has 1 atom stereocenters. The van der Waals surface area contributed by atoms with Crippen LogP contribution >= 0.6 is 12.2 Å². The molecule has 1 saturated heterocycles. The fourth-order valence-corrected chi connectivity index (χ4v) is 3.58. The molecule has 7 nitrogen and oxygen atoms in total. The highest BCUT2D eigenvalue weighted by Gasteiger charge is 2.27. The van der Waals surface area contributed by atoms with E-state index in [-0.39, 0.29) is 11.9 Å². The number of rotatable bonds is 4. The summed E-state index contributed by atoms with van der Waals surface area (Å²) in [4.78, 5) is 18.6. The van der Waals surface area contributed by atoms with Gasteiger partial charge in [-0.05, 0) is 58.4 Å². The Morgan fingerprint density at radius 2 is 2.25 bits per heavy atom. The molecule has 0 aromatic carbocycles. The van der Waals surface area contributed by atoms with Crippen molar-refractivity contribution in [3.8, 4) is 0 Å². The van der Waals surface area contributed by atoms with E-state index in [1.165, 1.54) is 0 Å². The zero-order chi connectivity index (χ0) is 17.3. The summed E-state index contributed by atoms with van der Waals surface area (Å²) in [5.41, 5.74) is 1.95. The SMILES string of the molecule is CCOC(=O)[C@@H]1CCCN(Cn2nc3nc(C)cc(C)n3c2=S)C1. The Labute approximate surface area is 146 Å². The van der Waals surface area contributed by atoms with Crippen LogP contribution in [0.5, 0.6) is 0 Å². The molecule has 2 aromatic heterocycles. The molecule has 3 rings (SSSR count). The van der Waals surface area contributed by atoms with Crippen LogP contribution in [0.2, 0.25) is 0 Å². The minimum atomic E-state index is -0.103. The first-order valence-corrected chi connectivity index (χ1v) is 8.73. The number of esters is 1. The van der Waals surface area contributed by atoms with E-state index in [1.54, 1.807) is 4.68 Å². The summed E-state index contributed by atoms with van der Waals surface area (Å²) in [6, 6.07) is 1.99. The van der Waals surface area contributed by atoms with Gasteiger partial charge >= 0.3 is 5.97 Å². The molecule has 0 amide bonds. The molecule has 1 fully saturated rings. The fourth-order valence-electron chi connectivity index (χ4n) is 3.25. The standard InChI is InChI=1S/C16H23N5O2S/c1-4-23-14(22)13-6-5-7-19(9-13)10-20-16(24)21-12(3)8-11(2)17-15(21)18-20/h8,13H,4-7,9-10H2,1-3H3/t13-/m1/s1. The van der Waals surface area contributed by atoms with Crippen LogP contribution in [-0.4, -0.2) is 49.7 Å². The van der Waals surface area contributed by atoms with E-state index in [2.05, 4.69) is 15.0 Å². The van der Waals surface area contributed by atoms with Crippen LogP contribution < -0.4 is 0 Å². The molecule has 0 unspecified atom stereocenters. The predicted molar refractivity (Wildman–Crippen MR) is 92.2 cm³/mol. The summed E-state index contributed by atoms with van der Waals surface area (Å²) in [5.74, 6) is 0.456. The van der Waals surface area contributed by atoms with Crippen LogP contribution in [0.4, 0.5) is 0 Å². The highest BCUT2D eigenvalue weighted by Crippen LogP contribution is 2.19. The zero-order valence-electron chi connectivity index (χ0n) is 14.4. The Bertz CT molecular complexity index is 813. The number of ether oxygens (including phenoxy) is 1. The summed E-state index contributed by atoms with van der Waals surface area (Å²) in [6.45, 7) is 8.39. The van der Waals surface area contributed by atoms with Gasteiger partial charge in [0.25, 0.3) is 5.78 Å². The summed E-state index contributed by atoms with van der Waals surface area (Å²) in [7, 11) is 0. The molecule has 0 N–H and O–H groups in total. The molecule has 1 aliphatic rings. The molecule has 24 heavy (non-hydrogen) atoms. The van der Waals surface area contributed by atoms with E-state index in [9.17, 15) is 4.79 Å². The number of likely N-dealkylation sites (tertiary alicyclic amines) is 1. The summed E-state index contributed by atoms with van der Waals surface area (Å²) < 4.78 is 9.46. The largest absolute Gasteiger partial charge is 0.466 e. The van der Waals surface area contributed by atoms with Gasteiger partial charge in [0.2, 0.25) is 4.77 Å². The van der Waals surface area contributed by atoms with Crippen molar-refractivity contribution in [2.75, 3.05) is 19.7 Å². The van der Waals surface area contributed by atoms with E-state index >= 15 is 0 Å². The van der Waals surface area contributed by atoms with Gasteiger partial charge in [-0.15, -0.1) is 5.10 Å². The summed E-state index contributed by atoms with van der Waals surface area (Å²) in [6.07, 6.45) is 1.85. The number of carbonyl (C=O) groups excluding carboxylic acids is 1. The van der Waals surface area contributed by atoms with Crippen LogP contribution in [0.1, 0.15) is 31.2 Å². The van der Waals surface area contributed by atoms with E-state index in [1.807, 2.05) is 31.2 Å². The lowest BCUT2D eigenvalue weighted by Gasteiger charge is -2.30. The lowest BCUT2D eigenvalue weighted by atomic mass is 9.99. The average Bonchev–Trinajstić information content (AvgIpc) is 2.83. The van der Waals surface area contributed by atoms with Gasteiger partial charge in [0.05, 0.1) is 19.2 Å². The van der Waals surface area contributed by atoms with Crippen molar-refractivity contribution in [3.63, 3.8) is 0 Å². The first-order chi connectivity index (χ1) is 11.5. The Balaban J connectivity index is 1.80. The molecule has 0 aliphatic carbocycles. The monoisotopic (exact) mass is 349 g/mol. The highest BCUT2D eigenvalue weighted by molar-refractivity contribution is 7.71. The van der Waals surface area contributed by atoms with E-state index in [4.69, 9.17) is 17.0 Å². The van der Waals surface area contributed by atoms with Gasteiger partial charge in [-0.1, -0.05) is 0 Å². The molecule has 3 heterocycles. The Morgan fingerprint density at radius 3 is 3.00 bits per heavy atom. The molecule has 0 bridgehead atoms. The second-order valence-corrected chi connectivity index (χ2v) is 6.63. The van der Waals surface area contributed by atoms with E-state index in [0.717, 1.165) is 30.8 Å². The fraction of sp³-hybridized carbons (Fsp3) is 0.625. The quantitative estimate of drug-likeness (QED) is 0.622. The Kier molecular flexibility index (Phi) is 4.96. The third kappa shape index (κ3) is 3.34. The van der Waals surface area contributed by atoms with Crippen LogP contribution in [-0.2, 0) is 16.2 Å². The molecule has 0 radical (unpaired) electrons. The van der Waals surface area contributed by atoms with Crippen molar-refractivity contribution in [2.45, 2.75) is 40.3 Å². The average molecular weight is 349 g/mol. The van der Waals surface area contributed by atoms with Gasteiger partial charge in [0, 0.05) is 17.9 Å². The van der Waals surface area contributed by atoms with Crippen molar-refractivity contribution < 1.29 is 9.53 Å². The van der Waals surface area contributed by atoms with Gasteiger partial charge in [-0.25, -0.2) is 9.67 Å². The lowest BCUT2D eigenvalue weighted by molar-refractivity contribution is -0.150. The third-order valence-electron chi connectivity index (χ3n) is 4.33. The summed E-state index contributed by atoms with van der Waals surface area (Å²) >= 11 is 5.55. The minimum Gasteiger partial charge on any atom is -0.466 e. The van der Waals surface area contributed by atoms with Crippen LogP contribution in [0.15, 0.2) is 6.07 Å². The van der Waals surface area contributed by atoms with Gasteiger partial charge < -0.3 is 4.74 Å². The maximum Gasteiger partial charge on any atom is 0.310 e. The number of aryl methyl sites for hydroxylation is 2. The molecule has 130 valence electrons. The third-order valence-corrected chi connectivity index (χ3v) is 4.72. The lowest BCUT2D eigenvalue weighted by Crippen LogP contribution is -2.40. The number of hydrogen-bond acceptors (Lipinski definition) is 6. The first-order valence-electron chi connectivity index (χ1n) is 8.32. The van der Waals surface area contributed by atoms with E-state index in [0.29, 0.717) is 30.4 Å². The molecular weight excluding hydrogens is 326 g/mol. The molecule has 1 aliphatic heterocycles. The Morgan fingerprint density at radius 1 is 1.46 bits per heavy atom. The number of piperidine rings is 1. The van der Waals surface area contributed by atoms with Gasteiger partial charge in [-0.3, -0.25) is 14.1 Å². The molecular formula is C16H23N5O2S. The smallest absolute Gasteiger partial charge is 0.310 e. The minimum absolute atomic E-state index is 0.0630. The number of fused-ring (bicyclic) bond motifs is 1. The zero-order valence-corrected chi connectivity index (χ0v) is 15.2. The molecule has 0 spiro atoms. The second-order valence-electron chi connectivity index (χ2n) is 6.27. The maximum atomic E-state index is 12.0. The van der Waals surface area contributed by atoms with Crippen molar-refractivity contribution in [3.05, 3.63) is 22.2 Å². The van der Waals surface area contributed by atoms with Crippen LogP contribution in [0, 0.1) is 24.5 Å². The van der Waals surface area contributed by atoms with Gasteiger partial charge in [-0.2, -0.15) is 0 Å². The van der Waals surface area contributed by atoms with Crippen LogP contribution in [0.25, 0.3) is 5.78 Å². The highest BCUT2D eigenvalue weighted by atomic mass is 32.1. The van der Waals surface area contributed by atoms with E-state index < -0.39 is 0 Å². The number of aromatic nitrogens is 4. The second kappa shape index (κ2) is 6.98. The number of carbonyl (C=O) groups is 1. The normalized spacial score (nSPS) is 18.9. The first kappa shape index (κ1) is 17.0. The van der Waals surface area contributed by atoms with Gasteiger partial charge in [0.1, 0.15) is 0 Å².